The highest BCUT2D eigenvalue weighted by Gasteiger charge is 2.05. The van der Waals surface area contributed by atoms with Gasteiger partial charge in [0.15, 0.2) is 0 Å². The quantitative estimate of drug-likeness (QED) is 0.667. The number of hydrogen-bond acceptors (Lipinski definition) is 4. The summed E-state index contributed by atoms with van der Waals surface area (Å²) in [5, 5.41) is 0.959. The molecular formula is C13H15N3S. The molecule has 0 unspecified atom stereocenters. The van der Waals surface area contributed by atoms with Gasteiger partial charge in [0.2, 0.25) is 0 Å². The van der Waals surface area contributed by atoms with E-state index in [2.05, 4.69) is 41.2 Å². The molecule has 2 N–H and O–H groups in total. The molecule has 0 saturated carbocycles. The van der Waals surface area contributed by atoms with Crippen LogP contribution in [0.2, 0.25) is 0 Å². The Hall–Kier alpha value is -1.55. The largest absolute Gasteiger partial charge is 0.383 e. The van der Waals surface area contributed by atoms with E-state index in [4.69, 9.17) is 5.73 Å². The number of aromatic nitrogens is 2. The third-order valence-electron chi connectivity index (χ3n) is 2.70. The normalized spacial score (nSPS) is 10.5. The number of nitrogens with zero attached hydrogens (tertiary/aromatic N) is 2. The smallest absolute Gasteiger partial charge is 0.130 e. The Kier molecular flexibility index (Phi) is 3.64. The second kappa shape index (κ2) is 5.19. The van der Waals surface area contributed by atoms with Gasteiger partial charge in [-0.2, -0.15) is 0 Å². The van der Waals surface area contributed by atoms with Crippen LogP contribution in [0.1, 0.15) is 16.7 Å². The summed E-state index contributed by atoms with van der Waals surface area (Å²) < 4.78 is 0. The molecule has 0 aliphatic rings. The molecule has 4 heteroatoms. The minimum atomic E-state index is 0.562. The number of rotatable bonds is 3. The van der Waals surface area contributed by atoms with E-state index in [0.29, 0.717) is 5.82 Å². The maximum atomic E-state index is 5.76. The van der Waals surface area contributed by atoms with Crippen LogP contribution in [0.3, 0.4) is 0 Å². The highest BCUT2D eigenvalue weighted by molar-refractivity contribution is 7.98. The first-order chi connectivity index (χ1) is 8.18. The van der Waals surface area contributed by atoms with Gasteiger partial charge in [-0.1, -0.05) is 24.3 Å². The van der Waals surface area contributed by atoms with E-state index in [0.717, 1.165) is 16.3 Å². The minimum absolute atomic E-state index is 0.562. The summed E-state index contributed by atoms with van der Waals surface area (Å²) in [4.78, 5) is 8.22. The van der Waals surface area contributed by atoms with Crippen molar-refractivity contribution in [1.29, 1.82) is 0 Å². The molecule has 0 saturated heterocycles. The van der Waals surface area contributed by atoms with Crippen LogP contribution in [0.5, 0.6) is 0 Å². The Bertz CT molecular complexity index is 526. The lowest BCUT2D eigenvalue weighted by atomic mass is 10.1. The van der Waals surface area contributed by atoms with Gasteiger partial charge in [0, 0.05) is 11.3 Å². The van der Waals surface area contributed by atoms with E-state index in [1.54, 1.807) is 11.8 Å². The fourth-order valence-corrected chi connectivity index (χ4v) is 2.57. The maximum Gasteiger partial charge on any atom is 0.130 e. The second-order valence-corrected chi connectivity index (χ2v) is 4.87. The zero-order valence-corrected chi connectivity index (χ0v) is 10.8. The van der Waals surface area contributed by atoms with Crippen molar-refractivity contribution < 1.29 is 0 Å². The Labute approximate surface area is 105 Å². The van der Waals surface area contributed by atoms with Crippen LogP contribution in [-0.4, -0.2) is 9.97 Å². The van der Waals surface area contributed by atoms with E-state index in [1.807, 2.05) is 6.92 Å². The molecular weight excluding hydrogens is 230 g/mol. The van der Waals surface area contributed by atoms with Crippen LogP contribution < -0.4 is 5.73 Å². The van der Waals surface area contributed by atoms with Crippen molar-refractivity contribution in [3.8, 4) is 0 Å². The van der Waals surface area contributed by atoms with E-state index in [-0.39, 0.29) is 0 Å². The molecule has 0 radical (unpaired) electrons. The van der Waals surface area contributed by atoms with Gasteiger partial charge in [-0.05, 0) is 25.0 Å². The first kappa shape index (κ1) is 11.9. The average molecular weight is 245 g/mol. The highest BCUT2D eigenvalue weighted by atomic mass is 32.2. The molecule has 0 spiro atoms. The minimum Gasteiger partial charge on any atom is -0.383 e. The molecule has 2 rings (SSSR count). The Morgan fingerprint density at radius 2 is 1.94 bits per heavy atom. The second-order valence-electron chi connectivity index (χ2n) is 3.90. The van der Waals surface area contributed by atoms with Crippen molar-refractivity contribution >= 4 is 17.6 Å². The molecule has 1 aromatic carbocycles. The summed E-state index contributed by atoms with van der Waals surface area (Å²) in [6, 6.07) is 8.38. The average Bonchev–Trinajstić information content (AvgIpc) is 2.33. The first-order valence-electron chi connectivity index (χ1n) is 5.43. The van der Waals surface area contributed by atoms with Crippen LogP contribution in [0.4, 0.5) is 5.82 Å². The summed E-state index contributed by atoms with van der Waals surface area (Å²) in [6.45, 7) is 4.08. The molecule has 1 aromatic heterocycles. The Balaban J connectivity index is 2.13. The van der Waals surface area contributed by atoms with Crippen molar-refractivity contribution in [1.82, 2.24) is 9.97 Å². The number of benzene rings is 1. The van der Waals surface area contributed by atoms with Crippen LogP contribution in [0.25, 0.3) is 0 Å². The number of nitrogen functional groups attached to an aromatic ring is 1. The number of anilines is 1. The first-order valence-corrected chi connectivity index (χ1v) is 6.41. The topological polar surface area (TPSA) is 51.8 Å². The molecule has 0 aliphatic heterocycles. The standard InChI is InChI=1S/C13H15N3S/c1-9-5-3-4-6-11(9)7-17-13-10(2)12(14)15-8-16-13/h3-6,8H,7H2,1-2H3,(H2,14,15,16). The lowest BCUT2D eigenvalue weighted by Gasteiger charge is -2.07. The highest BCUT2D eigenvalue weighted by Crippen LogP contribution is 2.26. The zero-order chi connectivity index (χ0) is 12.3. The van der Waals surface area contributed by atoms with Gasteiger partial charge in [-0.3, -0.25) is 0 Å². The zero-order valence-electron chi connectivity index (χ0n) is 9.97. The van der Waals surface area contributed by atoms with Crippen molar-refractivity contribution in [3.05, 3.63) is 47.3 Å². The number of hydrogen-bond donors (Lipinski definition) is 1. The van der Waals surface area contributed by atoms with Gasteiger partial charge in [0.05, 0.1) is 0 Å². The molecule has 17 heavy (non-hydrogen) atoms. The molecule has 0 atom stereocenters. The van der Waals surface area contributed by atoms with Gasteiger partial charge in [0.1, 0.15) is 17.2 Å². The van der Waals surface area contributed by atoms with Gasteiger partial charge in [0.25, 0.3) is 0 Å². The van der Waals surface area contributed by atoms with E-state index in [1.165, 1.54) is 17.5 Å². The monoisotopic (exact) mass is 245 g/mol. The maximum absolute atomic E-state index is 5.76. The molecule has 0 aliphatic carbocycles. The third-order valence-corrected chi connectivity index (χ3v) is 3.84. The fraction of sp³-hybridized carbons (Fsp3) is 0.231. The number of thioether (sulfide) groups is 1. The molecule has 0 fully saturated rings. The van der Waals surface area contributed by atoms with Gasteiger partial charge in [-0.15, -0.1) is 11.8 Å². The summed E-state index contributed by atoms with van der Waals surface area (Å²) >= 11 is 1.70. The van der Waals surface area contributed by atoms with Crippen molar-refractivity contribution in [2.24, 2.45) is 0 Å². The van der Waals surface area contributed by atoms with Crippen molar-refractivity contribution in [3.63, 3.8) is 0 Å². The predicted octanol–water partition coefficient (Wildman–Crippen LogP) is 2.97. The Morgan fingerprint density at radius 1 is 1.18 bits per heavy atom. The van der Waals surface area contributed by atoms with Crippen LogP contribution in [-0.2, 0) is 5.75 Å². The molecule has 0 amide bonds. The third kappa shape index (κ3) is 2.77. The molecule has 3 nitrogen and oxygen atoms in total. The number of nitrogens with two attached hydrogens (primary N) is 1. The van der Waals surface area contributed by atoms with E-state index >= 15 is 0 Å². The molecule has 2 aromatic rings. The van der Waals surface area contributed by atoms with Crippen LogP contribution >= 0.6 is 11.8 Å². The Morgan fingerprint density at radius 3 is 2.71 bits per heavy atom. The molecule has 1 heterocycles. The number of aryl methyl sites for hydroxylation is 1. The predicted molar refractivity (Wildman–Crippen MR) is 71.9 cm³/mol. The SMILES string of the molecule is Cc1ccccc1CSc1ncnc(N)c1C. The van der Waals surface area contributed by atoms with E-state index in [9.17, 15) is 0 Å². The van der Waals surface area contributed by atoms with Crippen LogP contribution in [0.15, 0.2) is 35.6 Å². The van der Waals surface area contributed by atoms with Gasteiger partial charge in [-0.25, -0.2) is 9.97 Å². The van der Waals surface area contributed by atoms with Crippen LogP contribution in [0, 0.1) is 13.8 Å². The summed E-state index contributed by atoms with van der Waals surface area (Å²) in [5.41, 5.74) is 9.35. The lowest BCUT2D eigenvalue weighted by molar-refractivity contribution is 1.01. The summed E-state index contributed by atoms with van der Waals surface area (Å²) in [5.74, 6) is 1.47. The summed E-state index contributed by atoms with van der Waals surface area (Å²) in [6.07, 6.45) is 1.52. The van der Waals surface area contributed by atoms with Gasteiger partial charge < -0.3 is 5.73 Å². The molecule has 88 valence electrons. The lowest BCUT2D eigenvalue weighted by Crippen LogP contribution is -1.97. The van der Waals surface area contributed by atoms with Crippen molar-refractivity contribution in [2.75, 3.05) is 5.73 Å². The van der Waals surface area contributed by atoms with Gasteiger partial charge >= 0.3 is 0 Å². The molecule has 0 bridgehead atoms. The van der Waals surface area contributed by atoms with E-state index < -0.39 is 0 Å². The van der Waals surface area contributed by atoms with Crippen molar-refractivity contribution in [2.45, 2.75) is 24.6 Å². The fourth-order valence-electron chi connectivity index (χ4n) is 1.51. The summed E-state index contributed by atoms with van der Waals surface area (Å²) in [7, 11) is 0.